The van der Waals surface area contributed by atoms with E-state index in [0.717, 1.165) is 113 Å². The number of hydrogen-bond donors (Lipinski definition) is 3. The number of hydrogen-bond acceptors (Lipinski definition) is 15. The monoisotopic (exact) mass is 988 g/mol. The third kappa shape index (κ3) is 11.8. The number of anilines is 2. The molecule has 4 bridgehead atoms. The maximum absolute atomic E-state index is 10.0. The van der Waals surface area contributed by atoms with Crippen molar-refractivity contribution in [1.82, 2.24) is 70.5 Å². The van der Waals surface area contributed by atoms with E-state index >= 15 is 0 Å². The molecule has 14 heterocycles. The third-order valence-corrected chi connectivity index (χ3v) is 13.4. The van der Waals surface area contributed by atoms with Crippen molar-refractivity contribution >= 4 is 41.1 Å². The number of H-pyrrole nitrogens is 2. The van der Waals surface area contributed by atoms with Gasteiger partial charge in [-0.15, -0.1) is 0 Å². The van der Waals surface area contributed by atoms with Crippen LogP contribution in [0.3, 0.4) is 0 Å². The van der Waals surface area contributed by atoms with Crippen LogP contribution in [0.5, 0.6) is 0 Å². The number of aldehydes is 1. The first-order valence-electron chi connectivity index (χ1n) is 23.8. The minimum absolute atomic E-state index is 0.402. The van der Waals surface area contributed by atoms with Gasteiger partial charge in [-0.25, -0.2) is 29.9 Å². The number of pyridine rings is 4. The molecule has 17 nitrogen and oxygen atoms in total. The second-order valence-electron chi connectivity index (χ2n) is 18.7. The van der Waals surface area contributed by atoms with Gasteiger partial charge in [0.1, 0.15) is 17.3 Å². The van der Waals surface area contributed by atoms with Crippen molar-refractivity contribution in [3.05, 3.63) is 165 Å². The van der Waals surface area contributed by atoms with Crippen LogP contribution in [0.25, 0.3) is 22.8 Å². The van der Waals surface area contributed by atoms with Gasteiger partial charge in [0, 0.05) is 128 Å². The van der Waals surface area contributed by atoms with Gasteiger partial charge >= 0.3 is 0 Å². The summed E-state index contributed by atoms with van der Waals surface area (Å²) in [6.07, 6.45) is 11.5. The molecule has 8 aromatic heterocycles. The smallest absolute Gasteiger partial charge is 0.168 e. The zero-order chi connectivity index (χ0) is 49.0. The van der Waals surface area contributed by atoms with E-state index in [1.807, 2.05) is 76.5 Å². The lowest BCUT2D eigenvalue weighted by Crippen LogP contribution is -2.68. The Labute approximate surface area is 422 Å². The van der Waals surface area contributed by atoms with E-state index in [1.165, 1.54) is 19.0 Å². The molecule has 362 valence electrons. The molecule has 19 heteroatoms. The van der Waals surface area contributed by atoms with E-state index in [1.54, 1.807) is 18.3 Å². The van der Waals surface area contributed by atoms with Crippen molar-refractivity contribution in [2.75, 3.05) is 36.0 Å². The van der Waals surface area contributed by atoms with Crippen LogP contribution in [-0.2, 0) is 19.4 Å². The number of halogens is 2. The highest BCUT2D eigenvalue weighted by Crippen LogP contribution is 2.36. The Hall–Kier alpha value is -7.05. The predicted molar refractivity (Wildman–Crippen MR) is 274 cm³/mol. The topological polar surface area (TPSA) is 199 Å². The molecule has 0 amide bonds. The molecule has 0 spiro atoms. The lowest BCUT2D eigenvalue weighted by Gasteiger charge is -2.56. The van der Waals surface area contributed by atoms with Crippen LogP contribution in [-0.4, -0.2) is 122 Å². The number of piperidine rings is 2. The predicted octanol–water partition coefficient (Wildman–Crippen LogP) is 7.55. The average Bonchev–Trinajstić information content (AvgIpc) is 3.99. The summed E-state index contributed by atoms with van der Waals surface area (Å²) in [4.78, 5) is 53.7. The molecular weight excluding hydrogens is 936 g/mol. The van der Waals surface area contributed by atoms with Crippen molar-refractivity contribution in [3.8, 4) is 22.8 Å². The number of fused-ring (bicyclic) bond motifs is 4. The fraction of sp³-hybridized carbons (Fsp3) is 0.327. The van der Waals surface area contributed by atoms with Gasteiger partial charge in [-0.1, -0.05) is 23.2 Å². The standard InChI is InChI=1S/C26H27ClN8.C20H23N7.C6H4ClNO/c1-16-7-21(9-22-8-17(2)32-33-22)31-26(30-16)18-3-6-25(29-11-18)34-14-23-10-24(15-34)35(23)13-20-5-4-19(27)12-28-20;1-12-5-15(7-16-6-13(2)25-26-16)24-20(22-12)14-3-4-19(21-9-14)27-10-17-8-18(11-27)23-17;7-5-1-2-6(4-9)8-3-5/h3-8,11-12,23-24H,9-10,13-15H2,1-2H3,(H,32,33);3-6,9,17-18,23H,7-8,10-11H2,1-2H3,(H,25,26);1-4H. The van der Waals surface area contributed by atoms with Crippen LogP contribution in [0.2, 0.25) is 10.0 Å². The van der Waals surface area contributed by atoms with E-state index in [0.29, 0.717) is 64.9 Å². The van der Waals surface area contributed by atoms with E-state index in [-0.39, 0.29) is 0 Å². The number of aryl methyl sites for hydroxylation is 4. The first-order chi connectivity index (χ1) is 34.4. The Morgan fingerprint density at radius 3 is 1.52 bits per heavy atom. The molecule has 8 aromatic rings. The van der Waals surface area contributed by atoms with Crippen molar-refractivity contribution in [2.45, 2.75) is 84.1 Å². The second kappa shape index (κ2) is 21.1. The minimum Gasteiger partial charge on any atom is -0.353 e. The highest BCUT2D eigenvalue weighted by molar-refractivity contribution is 6.30. The number of carbonyl (C=O) groups is 1. The summed E-state index contributed by atoms with van der Waals surface area (Å²) in [6, 6.07) is 25.9. The van der Waals surface area contributed by atoms with Crippen molar-refractivity contribution in [1.29, 1.82) is 0 Å². The largest absolute Gasteiger partial charge is 0.353 e. The minimum atomic E-state index is 0.402. The van der Waals surface area contributed by atoms with Crippen LogP contribution < -0.4 is 15.1 Å². The number of nitrogens with one attached hydrogen (secondary N) is 3. The van der Waals surface area contributed by atoms with Gasteiger partial charge in [0.05, 0.1) is 38.5 Å². The molecule has 71 heavy (non-hydrogen) atoms. The maximum Gasteiger partial charge on any atom is 0.168 e. The maximum atomic E-state index is 10.0. The molecule has 6 aliphatic heterocycles. The van der Waals surface area contributed by atoms with E-state index < -0.39 is 0 Å². The van der Waals surface area contributed by atoms with Crippen LogP contribution in [0.15, 0.2) is 97.6 Å². The molecule has 4 unspecified atom stereocenters. The number of aromatic amines is 2. The normalized spacial score (nSPS) is 18.8. The van der Waals surface area contributed by atoms with E-state index in [4.69, 9.17) is 38.2 Å². The summed E-state index contributed by atoms with van der Waals surface area (Å²) in [5, 5.41) is 19.4. The Bertz CT molecular complexity index is 3060. The third-order valence-electron chi connectivity index (χ3n) is 13.0. The lowest BCUT2D eigenvalue weighted by molar-refractivity contribution is -0.00967. The summed E-state index contributed by atoms with van der Waals surface area (Å²) in [6.45, 7) is 12.9. The number of rotatable bonds is 11. The molecule has 0 aliphatic carbocycles. The van der Waals surface area contributed by atoms with Gasteiger partial charge in [0.15, 0.2) is 17.9 Å². The van der Waals surface area contributed by atoms with Gasteiger partial charge in [0.2, 0.25) is 0 Å². The highest BCUT2D eigenvalue weighted by Gasteiger charge is 2.45. The van der Waals surface area contributed by atoms with Crippen LogP contribution in [0.4, 0.5) is 11.6 Å². The highest BCUT2D eigenvalue weighted by atomic mass is 35.5. The molecule has 0 radical (unpaired) electrons. The van der Waals surface area contributed by atoms with Crippen LogP contribution in [0.1, 0.15) is 74.6 Å². The zero-order valence-corrected chi connectivity index (χ0v) is 41.5. The second-order valence-corrected chi connectivity index (χ2v) is 19.6. The zero-order valence-electron chi connectivity index (χ0n) is 40.0. The number of aromatic nitrogens is 12. The number of piperazine rings is 2. The molecule has 0 saturated carbocycles. The SMILES string of the molecule is Cc1cc(Cc2cc(C)[nH]n2)nc(-c2ccc(N3CC4CC(C3)N4)nc2)n1.Cc1cc(Cc2cc(C)[nH]n2)nc(-c2ccc(N3CC4CC(C3)N4Cc3ccc(Cl)cn3)nc2)n1.O=Cc1ccc(Cl)cn1. The molecule has 6 fully saturated rings. The van der Waals surface area contributed by atoms with Crippen LogP contribution >= 0.6 is 23.2 Å². The molecule has 3 N–H and O–H groups in total. The Morgan fingerprint density at radius 1 is 0.563 bits per heavy atom. The summed E-state index contributed by atoms with van der Waals surface area (Å²) in [7, 11) is 0. The summed E-state index contributed by atoms with van der Waals surface area (Å²) in [5.74, 6) is 3.47. The molecule has 6 saturated heterocycles. The number of nitrogens with zero attached hydrogens (tertiary/aromatic N) is 13. The fourth-order valence-electron chi connectivity index (χ4n) is 9.60. The van der Waals surface area contributed by atoms with Gasteiger partial charge in [-0.05, 0) is 113 Å². The van der Waals surface area contributed by atoms with E-state index in [2.05, 4.69) is 89.6 Å². The van der Waals surface area contributed by atoms with Gasteiger partial charge < -0.3 is 15.1 Å². The number of carbonyl (C=O) groups excluding carboxylic acids is 1. The fourth-order valence-corrected chi connectivity index (χ4v) is 9.82. The average molecular weight is 990 g/mol. The van der Waals surface area contributed by atoms with Gasteiger partial charge in [0.25, 0.3) is 0 Å². The van der Waals surface area contributed by atoms with Gasteiger partial charge in [-0.3, -0.25) is 29.9 Å². The lowest BCUT2D eigenvalue weighted by atomic mass is 9.87. The molecule has 4 atom stereocenters. The van der Waals surface area contributed by atoms with Crippen molar-refractivity contribution < 1.29 is 4.79 Å². The Kier molecular flexibility index (Phi) is 14.2. The Morgan fingerprint density at radius 2 is 1.08 bits per heavy atom. The molecule has 6 aliphatic rings. The van der Waals surface area contributed by atoms with E-state index in [9.17, 15) is 4.79 Å². The molecular formula is C52H54Cl2N16O. The quantitative estimate of drug-likeness (QED) is 0.107. The molecule has 0 aromatic carbocycles. The van der Waals surface area contributed by atoms with Crippen molar-refractivity contribution in [3.63, 3.8) is 0 Å². The Balaban J connectivity index is 0.000000143. The van der Waals surface area contributed by atoms with Crippen LogP contribution in [0, 0.1) is 27.7 Å². The molecule has 14 rings (SSSR count). The van der Waals surface area contributed by atoms with Crippen molar-refractivity contribution in [2.24, 2.45) is 0 Å². The van der Waals surface area contributed by atoms with Gasteiger partial charge in [-0.2, -0.15) is 10.2 Å². The first kappa shape index (κ1) is 47.6. The first-order valence-corrected chi connectivity index (χ1v) is 24.5. The summed E-state index contributed by atoms with van der Waals surface area (Å²) < 4.78 is 0. The summed E-state index contributed by atoms with van der Waals surface area (Å²) in [5.41, 5.74) is 11.2. The summed E-state index contributed by atoms with van der Waals surface area (Å²) >= 11 is 11.5.